The molecule has 0 aliphatic carbocycles. The van der Waals surface area contributed by atoms with E-state index in [1.807, 2.05) is 36.4 Å². The van der Waals surface area contributed by atoms with E-state index in [0.717, 1.165) is 11.1 Å². The summed E-state index contributed by atoms with van der Waals surface area (Å²) in [6, 6.07) is 17.6. The van der Waals surface area contributed by atoms with E-state index in [2.05, 4.69) is 11.2 Å². The average molecular weight is 324 g/mol. The van der Waals surface area contributed by atoms with Crippen molar-refractivity contribution in [2.24, 2.45) is 5.16 Å². The summed E-state index contributed by atoms with van der Waals surface area (Å²) in [5, 5.41) is 13.8. The molecule has 0 aliphatic heterocycles. The van der Waals surface area contributed by atoms with Gasteiger partial charge in [0.25, 0.3) is 0 Å². The Morgan fingerprint density at radius 1 is 1.04 bits per heavy atom. The van der Waals surface area contributed by atoms with Gasteiger partial charge in [-0.1, -0.05) is 41.6 Å². The molecule has 5 nitrogen and oxygen atoms in total. The van der Waals surface area contributed by atoms with Crippen molar-refractivity contribution in [2.75, 3.05) is 21.3 Å². The molecule has 0 saturated heterocycles. The van der Waals surface area contributed by atoms with Crippen LogP contribution in [0.3, 0.4) is 0 Å². The Balaban J connectivity index is 2.37. The highest BCUT2D eigenvalue weighted by Crippen LogP contribution is 2.31. The van der Waals surface area contributed by atoms with Crippen LogP contribution >= 0.6 is 0 Å². The molecule has 0 radical (unpaired) electrons. The molecule has 5 heteroatoms. The van der Waals surface area contributed by atoms with Gasteiger partial charge >= 0.3 is 0 Å². The molecule has 0 aromatic heterocycles. The molecule has 24 heavy (non-hydrogen) atoms. The molecule has 2 aromatic carbocycles. The minimum atomic E-state index is -0.537. The van der Waals surface area contributed by atoms with Gasteiger partial charge in [-0.05, 0) is 23.3 Å². The summed E-state index contributed by atoms with van der Waals surface area (Å²) in [5.74, 6) is 0.655. The fourth-order valence-corrected chi connectivity index (χ4v) is 2.48. The van der Waals surface area contributed by atoms with Gasteiger partial charge in [0, 0.05) is 6.42 Å². The van der Waals surface area contributed by atoms with E-state index in [1.165, 1.54) is 7.11 Å². The van der Waals surface area contributed by atoms with Crippen molar-refractivity contribution in [1.82, 2.24) is 0 Å². The van der Waals surface area contributed by atoms with Crippen LogP contribution in [0.15, 0.2) is 53.7 Å². The lowest BCUT2D eigenvalue weighted by molar-refractivity contribution is 0.212. The van der Waals surface area contributed by atoms with Crippen molar-refractivity contribution in [1.29, 1.82) is 5.26 Å². The summed E-state index contributed by atoms with van der Waals surface area (Å²) in [6.07, 6.45) is 0.529. The van der Waals surface area contributed by atoms with Gasteiger partial charge in [-0.15, -0.1) is 0 Å². The highest BCUT2D eigenvalue weighted by molar-refractivity contribution is 5.94. The van der Waals surface area contributed by atoms with Gasteiger partial charge in [-0.3, -0.25) is 0 Å². The van der Waals surface area contributed by atoms with Crippen molar-refractivity contribution in [3.05, 3.63) is 59.7 Å². The normalized spacial score (nSPS) is 12.2. The molecule has 1 atom stereocenters. The second-order valence-corrected chi connectivity index (χ2v) is 5.10. The third kappa shape index (κ3) is 4.05. The maximum atomic E-state index is 9.69. The van der Waals surface area contributed by atoms with E-state index in [9.17, 15) is 5.26 Å². The number of ether oxygens (including phenoxy) is 2. The largest absolute Gasteiger partial charge is 0.493 e. The second-order valence-electron chi connectivity index (χ2n) is 5.10. The highest BCUT2D eigenvalue weighted by atomic mass is 16.6. The molecule has 1 unspecified atom stereocenters. The number of methoxy groups -OCH3 is 2. The standard InChI is InChI=1S/C19H20N2O3/c1-22-18-10-9-15(12-19(18)23-2)16(13-20)17(21-24-3)11-14-7-5-4-6-8-14/h4-10,12,16H,11H2,1-3H3. The molecule has 0 saturated carbocycles. The minimum Gasteiger partial charge on any atom is -0.493 e. The van der Waals surface area contributed by atoms with E-state index >= 15 is 0 Å². The molecule has 0 aliphatic rings. The highest BCUT2D eigenvalue weighted by Gasteiger charge is 2.21. The Hall–Kier alpha value is -3.00. The second kappa shape index (κ2) is 8.59. The lowest BCUT2D eigenvalue weighted by Crippen LogP contribution is -2.15. The van der Waals surface area contributed by atoms with Gasteiger partial charge < -0.3 is 14.3 Å². The summed E-state index contributed by atoms with van der Waals surface area (Å²) >= 11 is 0. The molecule has 0 bridgehead atoms. The first-order valence-electron chi connectivity index (χ1n) is 7.48. The monoisotopic (exact) mass is 324 g/mol. The topological polar surface area (TPSA) is 63.8 Å². The zero-order valence-electron chi connectivity index (χ0n) is 14.0. The Kier molecular flexibility index (Phi) is 6.21. The first-order valence-corrected chi connectivity index (χ1v) is 7.48. The summed E-state index contributed by atoms with van der Waals surface area (Å²) in [4.78, 5) is 4.96. The number of rotatable bonds is 7. The Labute approximate surface area is 142 Å². The summed E-state index contributed by atoms with van der Waals surface area (Å²) in [6.45, 7) is 0. The minimum absolute atomic E-state index is 0.529. The van der Waals surface area contributed by atoms with E-state index in [1.54, 1.807) is 26.4 Å². The first-order chi connectivity index (χ1) is 11.7. The van der Waals surface area contributed by atoms with Gasteiger partial charge in [0.1, 0.15) is 13.0 Å². The number of nitrogens with zero attached hydrogens (tertiary/aromatic N) is 2. The van der Waals surface area contributed by atoms with Crippen molar-refractivity contribution < 1.29 is 14.3 Å². The quantitative estimate of drug-likeness (QED) is 0.577. The zero-order chi connectivity index (χ0) is 17.4. The van der Waals surface area contributed by atoms with Crippen LogP contribution in [-0.4, -0.2) is 27.0 Å². The number of oxime groups is 1. The van der Waals surface area contributed by atoms with Crippen LogP contribution in [0.5, 0.6) is 11.5 Å². The van der Waals surface area contributed by atoms with Gasteiger partial charge in [-0.25, -0.2) is 0 Å². The van der Waals surface area contributed by atoms with Crippen LogP contribution in [0.25, 0.3) is 0 Å². The summed E-state index contributed by atoms with van der Waals surface area (Å²) < 4.78 is 10.6. The lowest BCUT2D eigenvalue weighted by atomic mass is 9.91. The third-order valence-electron chi connectivity index (χ3n) is 3.64. The van der Waals surface area contributed by atoms with Crippen molar-refractivity contribution in [3.8, 4) is 17.6 Å². The van der Waals surface area contributed by atoms with Gasteiger partial charge in [0.2, 0.25) is 0 Å². The molecular formula is C19H20N2O3. The van der Waals surface area contributed by atoms with Gasteiger partial charge in [0.05, 0.1) is 26.0 Å². The Morgan fingerprint density at radius 3 is 2.33 bits per heavy atom. The summed E-state index contributed by atoms with van der Waals surface area (Å²) in [5.41, 5.74) is 2.48. The zero-order valence-corrected chi connectivity index (χ0v) is 14.0. The van der Waals surface area contributed by atoms with E-state index in [0.29, 0.717) is 23.6 Å². The number of nitriles is 1. The number of hydrogen-bond donors (Lipinski definition) is 0. The maximum Gasteiger partial charge on any atom is 0.161 e. The molecule has 0 fully saturated rings. The third-order valence-corrected chi connectivity index (χ3v) is 3.64. The first kappa shape index (κ1) is 17.4. The number of hydrogen-bond acceptors (Lipinski definition) is 5. The van der Waals surface area contributed by atoms with Crippen molar-refractivity contribution in [2.45, 2.75) is 12.3 Å². The Bertz CT molecular complexity index is 736. The van der Waals surface area contributed by atoms with Gasteiger partial charge in [-0.2, -0.15) is 5.26 Å². The molecule has 2 rings (SSSR count). The fourth-order valence-electron chi connectivity index (χ4n) is 2.48. The SMILES string of the molecule is CON=C(Cc1ccccc1)C(C#N)c1ccc(OC)c(OC)c1. The predicted octanol–water partition coefficient (Wildman–Crippen LogP) is 3.56. The molecule has 0 amide bonds. The van der Waals surface area contributed by atoms with Crippen molar-refractivity contribution in [3.63, 3.8) is 0 Å². The van der Waals surface area contributed by atoms with Crippen LogP contribution in [0.4, 0.5) is 0 Å². The lowest BCUT2D eigenvalue weighted by Gasteiger charge is -2.15. The van der Waals surface area contributed by atoms with Crippen LogP contribution in [-0.2, 0) is 11.3 Å². The number of benzene rings is 2. The van der Waals surface area contributed by atoms with Gasteiger partial charge in [0.15, 0.2) is 11.5 Å². The Morgan fingerprint density at radius 2 is 1.75 bits per heavy atom. The molecule has 124 valence electrons. The van der Waals surface area contributed by atoms with Crippen molar-refractivity contribution >= 4 is 5.71 Å². The van der Waals surface area contributed by atoms with Crippen LogP contribution in [0, 0.1) is 11.3 Å². The van der Waals surface area contributed by atoms with Crippen LogP contribution in [0.2, 0.25) is 0 Å². The smallest absolute Gasteiger partial charge is 0.161 e. The van der Waals surface area contributed by atoms with E-state index in [-0.39, 0.29) is 0 Å². The van der Waals surface area contributed by atoms with E-state index in [4.69, 9.17) is 14.3 Å². The molecule has 2 aromatic rings. The average Bonchev–Trinajstić information content (AvgIpc) is 2.63. The van der Waals surface area contributed by atoms with Crippen LogP contribution in [0.1, 0.15) is 17.0 Å². The molecular weight excluding hydrogens is 304 g/mol. The maximum absolute atomic E-state index is 9.69. The molecule has 0 N–H and O–H groups in total. The molecule has 0 spiro atoms. The van der Waals surface area contributed by atoms with Crippen LogP contribution < -0.4 is 9.47 Å². The molecule has 0 heterocycles. The fraction of sp³-hybridized carbons (Fsp3) is 0.263. The predicted molar refractivity (Wildman–Crippen MR) is 92.5 cm³/mol. The summed E-state index contributed by atoms with van der Waals surface area (Å²) in [7, 11) is 4.62. The van der Waals surface area contributed by atoms with E-state index < -0.39 is 5.92 Å².